The van der Waals surface area contributed by atoms with Gasteiger partial charge in [-0.2, -0.15) is 0 Å². The summed E-state index contributed by atoms with van der Waals surface area (Å²) >= 11 is 6.02. The molecule has 5 nitrogen and oxygen atoms in total. The predicted molar refractivity (Wildman–Crippen MR) is 131 cm³/mol. The topological polar surface area (TPSA) is 49.9 Å². The molecule has 0 radical (unpaired) electrons. The van der Waals surface area contributed by atoms with Crippen LogP contribution in [-0.2, 0) is 27.7 Å². The summed E-state index contributed by atoms with van der Waals surface area (Å²) in [6, 6.07) is 22.3. The lowest BCUT2D eigenvalue weighted by molar-refractivity contribution is 0.0342. The summed E-state index contributed by atoms with van der Waals surface area (Å²) in [5.74, 6) is 0. The van der Waals surface area contributed by atoms with Crippen LogP contribution in [0.4, 0.5) is 5.69 Å². The first-order valence-electron chi connectivity index (χ1n) is 11.3. The third-order valence-corrected chi connectivity index (χ3v) is 8.53. The molecule has 0 saturated carbocycles. The first kappa shape index (κ1) is 22.4. The molecule has 1 fully saturated rings. The molecule has 0 bridgehead atoms. The average molecular weight is 483 g/mol. The van der Waals surface area contributed by atoms with Crippen molar-refractivity contribution < 1.29 is 13.2 Å². The molecule has 0 N–H and O–H groups in total. The number of aryl methyl sites for hydroxylation is 1. The quantitative estimate of drug-likeness (QED) is 0.510. The number of benzene rings is 3. The van der Waals surface area contributed by atoms with E-state index >= 15 is 0 Å². The summed E-state index contributed by atoms with van der Waals surface area (Å²) in [7, 11) is -3.77. The summed E-state index contributed by atoms with van der Waals surface area (Å²) in [5.41, 5.74) is 4.04. The number of morpholine rings is 1. The van der Waals surface area contributed by atoms with E-state index in [4.69, 9.17) is 16.3 Å². The Morgan fingerprint density at radius 2 is 1.61 bits per heavy atom. The highest BCUT2D eigenvalue weighted by Gasteiger charge is 2.36. The number of fused-ring (bicyclic) bond motifs is 1. The molecular weight excluding hydrogens is 456 g/mol. The van der Waals surface area contributed by atoms with Crippen molar-refractivity contribution in [2.75, 3.05) is 30.6 Å². The number of ether oxygens (including phenoxy) is 1. The highest BCUT2D eigenvalue weighted by atomic mass is 35.5. The number of halogens is 1. The van der Waals surface area contributed by atoms with Crippen LogP contribution in [0.2, 0.25) is 5.02 Å². The van der Waals surface area contributed by atoms with E-state index in [1.165, 1.54) is 5.56 Å². The molecule has 1 unspecified atom stereocenters. The zero-order valence-corrected chi connectivity index (χ0v) is 19.9. The van der Waals surface area contributed by atoms with E-state index in [1.54, 1.807) is 28.6 Å². The number of sulfonamides is 1. The van der Waals surface area contributed by atoms with Crippen LogP contribution in [0, 0.1) is 0 Å². The molecule has 0 amide bonds. The summed E-state index contributed by atoms with van der Waals surface area (Å²) in [6.45, 7) is 4.31. The van der Waals surface area contributed by atoms with Gasteiger partial charge in [0.25, 0.3) is 10.0 Å². The Kier molecular flexibility index (Phi) is 6.43. The molecule has 1 saturated heterocycles. The Morgan fingerprint density at radius 1 is 0.909 bits per heavy atom. The van der Waals surface area contributed by atoms with Crippen molar-refractivity contribution in [1.29, 1.82) is 0 Å². The van der Waals surface area contributed by atoms with E-state index in [0.717, 1.165) is 62.5 Å². The number of nitrogens with zero attached hydrogens (tertiary/aromatic N) is 2. The molecule has 3 aromatic carbocycles. The minimum atomic E-state index is -3.77. The second-order valence-corrected chi connectivity index (χ2v) is 10.8. The highest BCUT2D eigenvalue weighted by molar-refractivity contribution is 7.92. The van der Waals surface area contributed by atoms with Gasteiger partial charge in [-0.15, -0.1) is 0 Å². The Balaban J connectivity index is 1.48. The van der Waals surface area contributed by atoms with Crippen LogP contribution in [-0.4, -0.2) is 39.6 Å². The van der Waals surface area contributed by atoms with Gasteiger partial charge < -0.3 is 4.74 Å². The lowest BCUT2D eigenvalue weighted by Gasteiger charge is -2.38. The van der Waals surface area contributed by atoms with Crippen molar-refractivity contribution in [3.63, 3.8) is 0 Å². The molecule has 0 aliphatic carbocycles. The largest absolute Gasteiger partial charge is 0.379 e. The third kappa shape index (κ3) is 4.66. The summed E-state index contributed by atoms with van der Waals surface area (Å²) in [6.07, 6.45) is 1.57. The predicted octanol–water partition coefficient (Wildman–Crippen LogP) is 5.06. The second kappa shape index (κ2) is 9.47. The fourth-order valence-corrected chi connectivity index (χ4v) is 6.53. The molecule has 2 aliphatic rings. The van der Waals surface area contributed by atoms with Crippen LogP contribution in [0.1, 0.15) is 29.2 Å². The van der Waals surface area contributed by atoms with Crippen LogP contribution >= 0.6 is 11.6 Å². The number of para-hydroxylation sites is 1. The lowest BCUT2D eigenvalue weighted by Crippen LogP contribution is -2.38. The van der Waals surface area contributed by atoms with Gasteiger partial charge in [-0.1, -0.05) is 54.1 Å². The highest BCUT2D eigenvalue weighted by Crippen LogP contribution is 2.42. The van der Waals surface area contributed by atoms with Crippen LogP contribution in [0.5, 0.6) is 0 Å². The van der Waals surface area contributed by atoms with Gasteiger partial charge in [0.05, 0.1) is 29.8 Å². The van der Waals surface area contributed by atoms with E-state index in [2.05, 4.69) is 29.2 Å². The van der Waals surface area contributed by atoms with Crippen molar-refractivity contribution in [2.24, 2.45) is 0 Å². The van der Waals surface area contributed by atoms with Gasteiger partial charge >= 0.3 is 0 Å². The molecule has 3 aromatic rings. The van der Waals surface area contributed by atoms with Crippen LogP contribution in [0.25, 0.3) is 0 Å². The monoisotopic (exact) mass is 482 g/mol. The first-order chi connectivity index (χ1) is 16.0. The standard InChI is InChI=1S/C26H27ClN2O3S/c27-23-10-12-24(13-11-23)33(30,31)29-25-4-2-1-3-21(25)9-14-26(29)22-7-5-20(6-8-22)19-28-15-17-32-18-16-28/h1-8,10-13,26H,9,14-19H2. The zero-order chi connectivity index (χ0) is 22.8. The van der Waals surface area contributed by atoms with E-state index in [9.17, 15) is 8.42 Å². The number of hydrogen-bond acceptors (Lipinski definition) is 4. The summed E-state index contributed by atoms with van der Waals surface area (Å²) < 4.78 is 34.7. The van der Waals surface area contributed by atoms with Crippen LogP contribution in [0.3, 0.4) is 0 Å². The van der Waals surface area contributed by atoms with Crippen molar-refractivity contribution in [1.82, 2.24) is 4.90 Å². The van der Waals surface area contributed by atoms with Gasteiger partial charge in [-0.25, -0.2) is 8.42 Å². The molecule has 0 spiro atoms. The van der Waals surface area contributed by atoms with E-state index in [1.807, 2.05) is 24.3 Å². The number of hydrogen-bond donors (Lipinski definition) is 0. The van der Waals surface area contributed by atoms with Gasteiger partial charge in [-0.3, -0.25) is 9.21 Å². The third-order valence-electron chi connectivity index (χ3n) is 6.44. The molecule has 2 heterocycles. The number of anilines is 1. The first-order valence-corrected chi connectivity index (χ1v) is 13.1. The van der Waals surface area contributed by atoms with Crippen molar-refractivity contribution in [2.45, 2.75) is 30.3 Å². The Hall–Kier alpha value is -2.38. The number of rotatable bonds is 5. The normalized spacial score (nSPS) is 19.3. The second-order valence-electron chi connectivity index (χ2n) is 8.57. The fraction of sp³-hybridized carbons (Fsp3) is 0.308. The maximum atomic E-state index is 13.8. The Labute approximate surface area is 200 Å². The molecule has 2 aliphatic heterocycles. The molecule has 1 atom stereocenters. The van der Waals surface area contributed by atoms with Crippen LogP contribution in [0.15, 0.2) is 77.7 Å². The maximum Gasteiger partial charge on any atom is 0.264 e. The van der Waals surface area contributed by atoms with Gasteiger partial charge in [0.2, 0.25) is 0 Å². The van der Waals surface area contributed by atoms with Crippen molar-refractivity contribution >= 4 is 27.3 Å². The Bertz CT molecular complexity index is 1210. The van der Waals surface area contributed by atoms with Gasteiger partial charge in [0, 0.05) is 24.7 Å². The fourth-order valence-electron chi connectivity index (χ4n) is 4.70. The minimum Gasteiger partial charge on any atom is -0.379 e. The Morgan fingerprint density at radius 3 is 2.33 bits per heavy atom. The molecule has 33 heavy (non-hydrogen) atoms. The van der Waals surface area contributed by atoms with Gasteiger partial charge in [0.15, 0.2) is 0 Å². The summed E-state index contributed by atoms with van der Waals surface area (Å²) in [4.78, 5) is 2.63. The van der Waals surface area contributed by atoms with E-state index in [-0.39, 0.29) is 10.9 Å². The maximum absolute atomic E-state index is 13.8. The molecule has 172 valence electrons. The molecule has 7 heteroatoms. The van der Waals surface area contributed by atoms with E-state index < -0.39 is 10.0 Å². The summed E-state index contributed by atoms with van der Waals surface area (Å²) in [5, 5.41) is 0.514. The van der Waals surface area contributed by atoms with E-state index in [0.29, 0.717) is 5.02 Å². The lowest BCUT2D eigenvalue weighted by atomic mass is 9.93. The molecule has 5 rings (SSSR count). The smallest absolute Gasteiger partial charge is 0.264 e. The van der Waals surface area contributed by atoms with Crippen LogP contribution < -0.4 is 4.31 Å². The molecular formula is C26H27ClN2O3S. The zero-order valence-electron chi connectivity index (χ0n) is 18.4. The van der Waals surface area contributed by atoms with Gasteiger partial charge in [-0.05, 0) is 59.9 Å². The van der Waals surface area contributed by atoms with Gasteiger partial charge in [0.1, 0.15) is 0 Å². The van der Waals surface area contributed by atoms with Crippen molar-refractivity contribution in [3.8, 4) is 0 Å². The average Bonchev–Trinajstić information content (AvgIpc) is 2.85. The minimum absolute atomic E-state index is 0.248. The SMILES string of the molecule is O=S(=O)(c1ccc(Cl)cc1)N1c2ccccc2CCC1c1ccc(CN2CCOCC2)cc1. The van der Waals surface area contributed by atoms with Crippen molar-refractivity contribution in [3.05, 3.63) is 94.5 Å². The molecule has 0 aromatic heterocycles.